The minimum atomic E-state index is -0.379. The predicted octanol–water partition coefficient (Wildman–Crippen LogP) is 1.04. The minimum absolute atomic E-state index is 0.321. The first-order valence-electron chi connectivity index (χ1n) is 8.96. The van der Waals surface area contributed by atoms with E-state index in [9.17, 15) is 10.1 Å². The summed E-state index contributed by atoms with van der Waals surface area (Å²) in [5, 5.41) is 13.3. The molecule has 8 heteroatoms. The van der Waals surface area contributed by atoms with Gasteiger partial charge in [0.1, 0.15) is 17.5 Å². The van der Waals surface area contributed by atoms with E-state index in [1.807, 2.05) is 6.92 Å². The molecule has 0 amide bonds. The molecular weight excluding hydrogens is 330 g/mol. The fraction of sp³-hybridized carbons (Fsp3) is 0.444. The van der Waals surface area contributed by atoms with E-state index < -0.39 is 0 Å². The Morgan fingerprint density at radius 3 is 2.73 bits per heavy atom. The lowest BCUT2D eigenvalue weighted by Gasteiger charge is -2.35. The van der Waals surface area contributed by atoms with Crippen LogP contribution in [-0.2, 0) is 0 Å². The van der Waals surface area contributed by atoms with Crippen LogP contribution in [0.25, 0.3) is 16.6 Å². The summed E-state index contributed by atoms with van der Waals surface area (Å²) in [5.74, 6) is 0.595. The Bertz CT molecular complexity index is 1110. The highest BCUT2D eigenvalue weighted by Gasteiger charge is 2.32. The third-order valence-electron chi connectivity index (χ3n) is 5.36. The molecule has 1 saturated carbocycles. The fourth-order valence-corrected chi connectivity index (χ4v) is 3.91. The van der Waals surface area contributed by atoms with Crippen LogP contribution in [0.5, 0.6) is 0 Å². The van der Waals surface area contributed by atoms with E-state index in [2.05, 4.69) is 30.9 Å². The summed E-state index contributed by atoms with van der Waals surface area (Å²) < 4.78 is 1.72. The van der Waals surface area contributed by atoms with Crippen molar-refractivity contribution in [2.45, 2.75) is 25.8 Å². The van der Waals surface area contributed by atoms with Crippen molar-refractivity contribution >= 4 is 22.4 Å². The molecule has 2 aliphatic rings. The summed E-state index contributed by atoms with van der Waals surface area (Å²) in [7, 11) is 0. The number of nitriles is 1. The number of nitrogens with zero attached hydrogens (tertiary/aromatic N) is 6. The van der Waals surface area contributed by atoms with Gasteiger partial charge in [-0.1, -0.05) is 0 Å². The lowest BCUT2D eigenvalue weighted by Crippen LogP contribution is -2.47. The number of fused-ring (bicyclic) bond motifs is 3. The summed E-state index contributed by atoms with van der Waals surface area (Å²) in [6, 6.07) is 4.76. The quantitative estimate of drug-likeness (QED) is 0.743. The summed E-state index contributed by atoms with van der Waals surface area (Å²) >= 11 is 0. The molecule has 5 rings (SSSR count). The Kier molecular flexibility index (Phi) is 3.27. The van der Waals surface area contributed by atoms with Crippen molar-refractivity contribution in [3.63, 3.8) is 0 Å². The molecule has 0 atom stereocenters. The molecule has 1 N–H and O–H groups in total. The SMILES string of the molecule is Cc1cc2nc(=O)c3c(C#N)c(N4CCN(C5CC5)CC4)ncc3n2[nH]1. The van der Waals surface area contributed by atoms with Gasteiger partial charge in [0.05, 0.1) is 17.1 Å². The van der Waals surface area contributed by atoms with Crippen molar-refractivity contribution in [2.75, 3.05) is 31.1 Å². The first kappa shape index (κ1) is 15.3. The van der Waals surface area contributed by atoms with Gasteiger partial charge in [-0.25, -0.2) is 9.50 Å². The molecule has 2 fully saturated rings. The number of hydrogen-bond donors (Lipinski definition) is 1. The van der Waals surface area contributed by atoms with Crippen LogP contribution < -0.4 is 10.5 Å². The Labute approximate surface area is 149 Å². The van der Waals surface area contributed by atoms with Crippen molar-refractivity contribution < 1.29 is 0 Å². The number of aromatic nitrogens is 4. The average Bonchev–Trinajstić information content (AvgIpc) is 3.43. The van der Waals surface area contributed by atoms with E-state index in [4.69, 9.17) is 0 Å². The Morgan fingerprint density at radius 2 is 2.04 bits per heavy atom. The predicted molar refractivity (Wildman–Crippen MR) is 97.4 cm³/mol. The number of H-pyrrole nitrogens is 1. The van der Waals surface area contributed by atoms with E-state index in [1.165, 1.54) is 12.8 Å². The first-order valence-corrected chi connectivity index (χ1v) is 8.96. The van der Waals surface area contributed by atoms with Crippen LogP contribution in [0.2, 0.25) is 0 Å². The molecule has 3 aromatic heterocycles. The van der Waals surface area contributed by atoms with Crippen LogP contribution >= 0.6 is 0 Å². The van der Waals surface area contributed by atoms with Crippen LogP contribution in [0.1, 0.15) is 24.1 Å². The smallest absolute Gasteiger partial charge is 0.282 e. The van der Waals surface area contributed by atoms with Gasteiger partial charge in [0.15, 0.2) is 5.65 Å². The van der Waals surface area contributed by atoms with Gasteiger partial charge in [-0.3, -0.25) is 14.8 Å². The van der Waals surface area contributed by atoms with E-state index in [1.54, 1.807) is 16.8 Å². The van der Waals surface area contributed by atoms with Crippen molar-refractivity contribution in [1.29, 1.82) is 5.26 Å². The topological polar surface area (TPSA) is 93.3 Å². The van der Waals surface area contributed by atoms with E-state index >= 15 is 0 Å². The summed E-state index contributed by atoms with van der Waals surface area (Å²) in [5.41, 5.74) is 1.96. The van der Waals surface area contributed by atoms with Gasteiger partial charge in [0.2, 0.25) is 0 Å². The third kappa shape index (κ3) is 2.28. The van der Waals surface area contributed by atoms with E-state index in [-0.39, 0.29) is 5.56 Å². The Morgan fingerprint density at radius 1 is 1.27 bits per heavy atom. The zero-order valence-corrected chi connectivity index (χ0v) is 14.6. The van der Waals surface area contributed by atoms with Gasteiger partial charge in [-0.15, -0.1) is 0 Å². The zero-order valence-electron chi connectivity index (χ0n) is 14.6. The largest absolute Gasteiger partial charge is 0.353 e. The number of nitrogens with one attached hydrogen (secondary N) is 1. The Hall–Kier alpha value is -2.92. The second-order valence-corrected chi connectivity index (χ2v) is 7.13. The number of aromatic amines is 1. The van der Waals surface area contributed by atoms with Gasteiger partial charge in [-0.05, 0) is 19.8 Å². The Balaban J connectivity index is 1.63. The molecule has 0 unspecified atom stereocenters. The maximum atomic E-state index is 12.6. The minimum Gasteiger partial charge on any atom is -0.353 e. The average molecular weight is 349 g/mol. The standard InChI is InChI=1S/C18H19N7O/c1-11-8-15-21-18(26)16-13(9-19)17(20-10-14(16)25(15)22-11)24-6-4-23(5-7-24)12-2-3-12/h8,10,12,22H,2-7H2,1H3. The highest BCUT2D eigenvalue weighted by molar-refractivity contribution is 5.89. The number of hydrogen-bond acceptors (Lipinski definition) is 6. The lowest BCUT2D eigenvalue weighted by atomic mass is 10.1. The second kappa shape index (κ2) is 5.54. The third-order valence-corrected chi connectivity index (χ3v) is 5.36. The normalized spacial score (nSPS) is 18.5. The molecule has 132 valence electrons. The van der Waals surface area contributed by atoms with E-state index in [0.29, 0.717) is 27.9 Å². The summed E-state index contributed by atoms with van der Waals surface area (Å²) in [6.45, 7) is 5.49. The molecule has 4 heterocycles. The molecule has 1 aliphatic heterocycles. The maximum absolute atomic E-state index is 12.6. The van der Waals surface area contributed by atoms with Gasteiger partial charge in [0.25, 0.3) is 5.56 Å². The molecule has 0 spiro atoms. The number of pyridine rings is 1. The molecule has 3 aromatic rings. The number of piperazine rings is 1. The van der Waals surface area contributed by atoms with Gasteiger partial charge in [0, 0.05) is 44.0 Å². The van der Waals surface area contributed by atoms with Crippen LogP contribution in [-0.4, -0.2) is 56.7 Å². The second-order valence-electron chi connectivity index (χ2n) is 7.13. The van der Waals surface area contributed by atoms with E-state index in [0.717, 1.165) is 37.9 Å². The van der Waals surface area contributed by atoms with Gasteiger partial charge < -0.3 is 4.90 Å². The molecule has 0 bridgehead atoms. The zero-order chi connectivity index (χ0) is 17.8. The van der Waals surface area contributed by atoms with Crippen molar-refractivity contribution in [1.82, 2.24) is 24.5 Å². The molecule has 0 aromatic carbocycles. The van der Waals surface area contributed by atoms with Crippen LogP contribution in [0.3, 0.4) is 0 Å². The van der Waals surface area contributed by atoms with Crippen molar-refractivity contribution in [3.8, 4) is 6.07 Å². The fourth-order valence-electron chi connectivity index (χ4n) is 3.91. The van der Waals surface area contributed by atoms with Crippen molar-refractivity contribution in [3.05, 3.63) is 33.9 Å². The first-order chi connectivity index (χ1) is 12.7. The number of anilines is 1. The maximum Gasteiger partial charge on any atom is 0.282 e. The number of rotatable bonds is 2. The molecule has 0 radical (unpaired) electrons. The van der Waals surface area contributed by atoms with Gasteiger partial charge in [-0.2, -0.15) is 10.2 Å². The summed E-state index contributed by atoms with van der Waals surface area (Å²) in [4.78, 5) is 25.9. The number of aryl methyl sites for hydroxylation is 1. The van der Waals surface area contributed by atoms with Gasteiger partial charge >= 0.3 is 0 Å². The molecule has 8 nitrogen and oxygen atoms in total. The van der Waals surface area contributed by atoms with Crippen LogP contribution in [0.4, 0.5) is 5.82 Å². The molecular formula is C18H19N7O. The monoisotopic (exact) mass is 349 g/mol. The highest BCUT2D eigenvalue weighted by atomic mass is 16.1. The highest BCUT2D eigenvalue weighted by Crippen LogP contribution is 2.30. The van der Waals surface area contributed by atoms with Crippen LogP contribution in [0, 0.1) is 18.3 Å². The van der Waals surface area contributed by atoms with Crippen molar-refractivity contribution in [2.24, 2.45) is 0 Å². The molecule has 26 heavy (non-hydrogen) atoms. The summed E-state index contributed by atoms with van der Waals surface area (Å²) in [6.07, 6.45) is 4.27. The lowest BCUT2D eigenvalue weighted by molar-refractivity contribution is 0.247. The molecule has 1 saturated heterocycles. The van der Waals surface area contributed by atoms with Crippen LogP contribution in [0.15, 0.2) is 17.1 Å². The molecule has 1 aliphatic carbocycles.